The van der Waals surface area contributed by atoms with Crippen molar-refractivity contribution in [2.45, 2.75) is 13.0 Å². The van der Waals surface area contributed by atoms with Crippen molar-refractivity contribution in [3.8, 4) is 11.5 Å². The van der Waals surface area contributed by atoms with Crippen LogP contribution in [0.15, 0.2) is 78.4 Å². The van der Waals surface area contributed by atoms with Gasteiger partial charge in [0.05, 0.1) is 18.7 Å². The van der Waals surface area contributed by atoms with Gasteiger partial charge in [0.1, 0.15) is 17.3 Å². The summed E-state index contributed by atoms with van der Waals surface area (Å²) in [6, 6.07) is 19.2. The lowest BCUT2D eigenvalue weighted by atomic mass is 9.94. The summed E-state index contributed by atoms with van der Waals surface area (Å²) in [5.41, 5.74) is 2.16. The van der Waals surface area contributed by atoms with Crippen LogP contribution in [-0.4, -0.2) is 29.0 Å². The van der Waals surface area contributed by atoms with Crippen LogP contribution in [-0.2, 0) is 9.59 Å². The lowest BCUT2D eigenvalue weighted by Gasteiger charge is -2.25. The van der Waals surface area contributed by atoms with Crippen LogP contribution in [0.3, 0.4) is 0 Å². The molecule has 1 aliphatic rings. The van der Waals surface area contributed by atoms with Crippen molar-refractivity contribution in [1.29, 1.82) is 0 Å². The number of phenols is 1. The number of methoxy groups -OCH3 is 1. The van der Waals surface area contributed by atoms with Gasteiger partial charge in [-0.3, -0.25) is 14.5 Å². The number of aliphatic hydroxyl groups is 1. The average Bonchev–Trinajstić information content (AvgIpc) is 3.04. The van der Waals surface area contributed by atoms with Gasteiger partial charge >= 0.3 is 0 Å². The first kappa shape index (κ1) is 20.2. The van der Waals surface area contributed by atoms with E-state index in [1.165, 1.54) is 17.0 Å². The van der Waals surface area contributed by atoms with Crippen LogP contribution < -0.4 is 9.64 Å². The quantitative estimate of drug-likeness (QED) is 0.376. The van der Waals surface area contributed by atoms with E-state index in [0.29, 0.717) is 22.6 Å². The van der Waals surface area contributed by atoms with Crippen molar-refractivity contribution in [2.75, 3.05) is 12.0 Å². The molecule has 3 aromatic carbocycles. The molecule has 3 aromatic rings. The third kappa shape index (κ3) is 3.53. The van der Waals surface area contributed by atoms with E-state index in [4.69, 9.17) is 4.74 Å². The molecule has 1 amide bonds. The highest BCUT2D eigenvalue weighted by Crippen LogP contribution is 2.42. The molecule has 1 heterocycles. The molecular formula is C25H21NO5. The maximum absolute atomic E-state index is 13.1. The highest BCUT2D eigenvalue weighted by Gasteiger charge is 2.47. The first-order valence-corrected chi connectivity index (χ1v) is 9.72. The van der Waals surface area contributed by atoms with E-state index in [1.54, 1.807) is 61.7 Å². The Morgan fingerprint density at radius 2 is 1.71 bits per heavy atom. The van der Waals surface area contributed by atoms with Crippen molar-refractivity contribution >= 4 is 23.1 Å². The molecule has 0 spiro atoms. The number of anilines is 1. The molecule has 156 valence electrons. The zero-order chi connectivity index (χ0) is 22.1. The summed E-state index contributed by atoms with van der Waals surface area (Å²) in [6.07, 6.45) is 0. The zero-order valence-electron chi connectivity index (χ0n) is 17.1. The molecule has 0 radical (unpaired) electrons. The number of Topliss-reactive ketones (excluding diaryl/α,β-unsaturated/α-hetero) is 1. The van der Waals surface area contributed by atoms with Crippen molar-refractivity contribution in [2.24, 2.45) is 0 Å². The van der Waals surface area contributed by atoms with Crippen LogP contribution in [0.25, 0.3) is 5.76 Å². The van der Waals surface area contributed by atoms with Crippen LogP contribution in [0.1, 0.15) is 22.7 Å². The summed E-state index contributed by atoms with van der Waals surface area (Å²) in [4.78, 5) is 27.5. The SMILES string of the molecule is COc1ccc(/C(O)=C2/C(=O)C(=O)N(c3ccccc3)C2c2cccc(O)c2)cc1C. The van der Waals surface area contributed by atoms with Gasteiger partial charge in [0, 0.05) is 11.3 Å². The molecular weight excluding hydrogens is 394 g/mol. The average molecular weight is 415 g/mol. The second-order valence-corrected chi connectivity index (χ2v) is 7.28. The maximum Gasteiger partial charge on any atom is 0.300 e. The number of aliphatic hydroxyl groups excluding tert-OH is 1. The molecule has 6 heteroatoms. The van der Waals surface area contributed by atoms with Crippen LogP contribution in [0.2, 0.25) is 0 Å². The fourth-order valence-corrected chi connectivity index (χ4v) is 3.88. The first-order valence-electron chi connectivity index (χ1n) is 9.72. The number of ketones is 1. The summed E-state index contributed by atoms with van der Waals surface area (Å²) in [6.45, 7) is 1.82. The topological polar surface area (TPSA) is 87.1 Å². The number of nitrogens with zero attached hydrogens (tertiary/aromatic N) is 1. The number of amides is 1. The van der Waals surface area contributed by atoms with E-state index in [0.717, 1.165) is 5.56 Å². The van der Waals surface area contributed by atoms with E-state index in [2.05, 4.69) is 0 Å². The molecule has 0 saturated carbocycles. The predicted molar refractivity (Wildman–Crippen MR) is 117 cm³/mol. The molecule has 31 heavy (non-hydrogen) atoms. The van der Waals surface area contributed by atoms with E-state index in [9.17, 15) is 19.8 Å². The standard InChI is InChI=1S/C25H21NO5/c1-15-13-17(11-12-20(15)31-2)23(28)21-22(16-7-6-10-19(27)14-16)26(25(30)24(21)29)18-8-4-3-5-9-18/h3-14,22,27-28H,1-2H3/b23-21-. The molecule has 1 saturated heterocycles. The van der Waals surface area contributed by atoms with Crippen LogP contribution in [0.5, 0.6) is 11.5 Å². The molecule has 6 nitrogen and oxygen atoms in total. The van der Waals surface area contributed by atoms with Crippen LogP contribution in [0, 0.1) is 6.92 Å². The summed E-state index contributed by atoms with van der Waals surface area (Å²) in [7, 11) is 1.55. The number of phenolic OH excluding ortho intramolecular Hbond substituents is 1. The van der Waals surface area contributed by atoms with Gasteiger partial charge in [-0.25, -0.2) is 0 Å². The fourth-order valence-electron chi connectivity index (χ4n) is 3.88. The number of aryl methyl sites for hydroxylation is 1. The monoisotopic (exact) mass is 415 g/mol. The molecule has 1 fully saturated rings. The van der Waals surface area contributed by atoms with Crippen molar-refractivity contribution in [1.82, 2.24) is 0 Å². The molecule has 1 aliphatic heterocycles. The minimum Gasteiger partial charge on any atom is -0.508 e. The van der Waals surface area contributed by atoms with Gasteiger partial charge in [0.15, 0.2) is 0 Å². The zero-order valence-corrected chi connectivity index (χ0v) is 17.1. The number of benzene rings is 3. The van der Waals surface area contributed by atoms with Crippen molar-refractivity contribution in [3.63, 3.8) is 0 Å². The molecule has 2 N–H and O–H groups in total. The lowest BCUT2D eigenvalue weighted by Crippen LogP contribution is -2.29. The van der Waals surface area contributed by atoms with Crippen LogP contribution in [0.4, 0.5) is 5.69 Å². The Kier molecular flexibility index (Phi) is 5.21. The number of ether oxygens (including phenoxy) is 1. The van der Waals surface area contributed by atoms with Gasteiger partial charge < -0.3 is 14.9 Å². The number of rotatable bonds is 4. The molecule has 1 atom stereocenters. The van der Waals surface area contributed by atoms with Gasteiger partial charge in [-0.15, -0.1) is 0 Å². The minimum absolute atomic E-state index is 0.00330. The second kappa shape index (κ2) is 7.99. The Balaban J connectivity index is 1.94. The van der Waals surface area contributed by atoms with Gasteiger partial charge in [-0.2, -0.15) is 0 Å². The van der Waals surface area contributed by atoms with Gasteiger partial charge in [-0.05, 0) is 60.5 Å². The smallest absolute Gasteiger partial charge is 0.300 e. The molecule has 0 aromatic heterocycles. The Bertz CT molecular complexity index is 1200. The molecule has 4 rings (SSSR count). The second-order valence-electron chi connectivity index (χ2n) is 7.28. The Morgan fingerprint density at radius 1 is 0.968 bits per heavy atom. The van der Waals surface area contributed by atoms with E-state index >= 15 is 0 Å². The number of carbonyl (C=O) groups is 2. The maximum atomic E-state index is 13.1. The number of hydrogen-bond acceptors (Lipinski definition) is 5. The molecule has 1 unspecified atom stereocenters. The molecule has 0 aliphatic carbocycles. The number of hydrogen-bond donors (Lipinski definition) is 2. The fraction of sp³-hybridized carbons (Fsp3) is 0.120. The summed E-state index contributed by atoms with van der Waals surface area (Å²) < 4.78 is 5.27. The number of para-hydroxylation sites is 1. The Morgan fingerprint density at radius 3 is 2.35 bits per heavy atom. The van der Waals surface area contributed by atoms with Crippen LogP contribution >= 0.6 is 0 Å². The lowest BCUT2D eigenvalue weighted by molar-refractivity contribution is -0.132. The van der Waals surface area contributed by atoms with E-state index < -0.39 is 17.7 Å². The van der Waals surface area contributed by atoms with Crippen molar-refractivity contribution in [3.05, 3.63) is 95.1 Å². The normalized spacial score (nSPS) is 17.7. The highest BCUT2D eigenvalue weighted by molar-refractivity contribution is 6.51. The van der Waals surface area contributed by atoms with Gasteiger partial charge in [0.25, 0.3) is 11.7 Å². The predicted octanol–water partition coefficient (Wildman–Crippen LogP) is 4.34. The summed E-state index contributed by atoms with van der Waals surface area (Å²) in [5.74, 6) is -1.17. The molecule has 0 bridgehead atoms. The first-order chi connectivity index (χ1) is 14.9. The number of carbonyl (C=O) groups excluding carboxylic acids is 2. The van der Waals surface area contributed by atoms with Crippen molar-refractivity contribution < 1.29 is 24.5 Å². The Labute approximate surface area is 179 Å². The minimum atomic E-state index is -0.892. The third-order valence-corrected chi connectivity index (χ3v) is 5.33. The highest BCUT2D eigenvalue weighted by atomic mass is 16.5. The van der Waals surface area contributed by atoms with E-state index in [-0.39, 0.29) is 17.1 Å². The van der Waals surface area contributed by atoms with Gasteiger partial charge in [0.2, 0.25) is 0 Å². The number of aromatic hydroxyl groups is 1. The third-order valence-electron chi connectivity index (χ3n) is 5.33. The Hall–Kier alpha value is -4.06. The largest absolute Gasteiger partial charge is 0.508 e. The summed E-state index contributed by atoms with van der Waals surface area (Å²) in [5, 5.41) is 21.2. The van der Waals surface area contributed by atoms with E-state index in [1.807, 2.05) is 13.0 Å². The summed E-state index contributed by atoms with van der Waals surface area (Å²) >= 11 is 0. The van der Waals surface area contributed by atoms with Gasteiger partial charge in [-0.1, -0.05) is 30.3 Å².